The minimum atomic E-state index is -3.34. The van der Waals surface area contributed by atoms with Crippen molar-refractivity contribution in [2.24, 2.45) is 0 Å². The highest BCUT2D eigenvalue weighted by Crippen LogP contribution is 2.11. The zero-order valence-electron chi connectivity index (χ0n) is 12.8. The molecule has 0 saturated carbocycles. The van der Waals surface area contributed by atoms with E-state index >= 15 is 0 Å². The van der Waals surface area contributed by atoms with Crippen LogP contribution >= 0.6 is 11.6 Å². The van der Waals surface area contributed by atoms with Crippen LogP contribution in [0.25, 0.3) is 0 Å². The number of hydrogen-bond donors (Lipinski definition) is 2. The van der Waals surface area contributed by atoms with Gasteiger partial charge in [-0.2, -0.15) is 0 Å². The molecule has 0 aliphatic heterocycles. The first-order valence-electron chi connectivity index (χ1n) is 7.31. The second-order valence-electron chi connectivity index (χ2n) is 5.03. The largest absolute Gasteiger partial charge is 0.368 e. The van der Waals surface area contributed by atoms with Crippen molar-refractivity contribution in [1.29, 1.82) is 0 Å². The second-order valence-corrected chi connectivity index (χ2v) is 7.31. The predicted octanol–water partition coefficient (Wildman–Crippen LogP) is 2.94. The van der Waals surface area contributed by atoms with Crippen molar-refractivity contribution in [3.63, 3.8) is 0 Å². The molecule has 0 fully saturated rings. The van der Waals surface area contributed by atoms with Crippen LogP contribution in [0.4, 0.5) is 11.6 Å². The maximum atomic E-state index is 11.6. The van der Waals surface area contributed by atoms with Crippen LogP contribution < -0.4 is 10.0 Å². The van der Waals surface area contributed by atoms with Gasteiger partial charge in [-0.3, -0.25) is 4.72 Å². The SMILES string of the molecule is CCCS(=O)(=O)Nc1ccc(NCCc2ccc(Cl)cc2)nn1. The Labute approximate surface area is 141 Å². The van der Waals surface area contributed by atoms with E-state index in [2.05, 4.69) is 20.2 Å². The topological polar surface area (TPSA) is 84.0 Å². The first-order valence-corrected chi connectivity index (χ1v) is 9.34. The Balaban J connectivity index is 1.84. The van der Waals surface area contributed by atoms with Gasteiger partial charge >= 0.3 is 0 Å². The Bertz CT molecular complexity index is 718. The summed E-state index contributed by atoms with van der Waals surface area (Å²) in [6.45, 7) is 2.50. The quantitative estimate of drug-likeness (QED) is 0.761. The molecular weight excluding hydrogens is 336 g/mol. The highest BCUT2D eigenvalue weighted by Gasteiger charge is 2.09. The van der Waals surface area contributed by atoms with E-state index in [9.17, 15) is 8.42 Å². The molecule has 0 unspecified atom stereocenters. The van der Waals surface area contributed by atoms with Crippen molar-refractivity contribution >= 4 is 33.3 Å². The molecule has 124 valence electrons. The van der Waals surface area contributed by atoms with Crippen LogP contribution in [0.3, 0.4) is 0 Å². The number of nitrogens with zero attached hydrogens (tertiary/aromatic N) is 2. The van der Waals surface area contributed by atoms with Crippen LogP contribution in [-0.2, 0) is 16.4 Å². The van der Waals surface area contributed by atoms with Crippen LogP contribution in [0.2, 0.25) is 5.02 Å². The standard InChI is InChI=1S/C15H19ClN4O2S/c1-2-11-23(21,22)20-15-8-7-14(18-19-15)17-10-9-12-3-5-13(16)6-4-12/h3-8H,2,9-11H2,1H3,(H,17,18)(H,19,20). The molecule has 8 heteroatoms. The summed E-state index contributed by atoms with van der Waals surface area (Å²) >= 11 is 5.84. The highest BCUT2D eigenvalue weighted by molar-refractivity contribution is 7.92. The van der Waals surface area contributed by atoms with Crippen molar-refractivity contribution in [3.05, 3.63) is 47.0 Å². The molecule has 0 saturated heterocycles. The Morgan fingerprint density at radius 3 is 2.30 bits per heavy atom. The zero-order chi connectivity index (χ0) is 16.7. The van der Waals surface area contributed by atoms with Crippen molar-refractivity contribution in [3.8, 4) is 0 Å². The summed E-state index contributed by atoms with van der Waals surface area (Å²) in [5.74, 6) is 0.884. The van der Waals surface area contributed by atoms with Crippen LogP contribution in [0.5, 0.6) is 0 Å². The monoisotopic (exact) mass is 354 g/mol. The Hall–Kier alpha value is -1.86. The minimum Gasteiger partial charge on any atom is -0.368 e. The molecule has 23 heavy (non-hydrogen) atoms. The molecule has 1 aromatic carbocycles. The number of benzene rings is 1. The average Bonchev–Trinajstić information content (AvgIpc) is 2.50. The molecule has 2 aromatic rings. The molecule has 6 nitrogen and oxygen atoms in total. The van der Waals surface area contributed by atoms with Gasteiger partial charge in [0, 0.05) is 11.6 Å². The summed E-state index contributed by atoms with van der Waals surface area (Å²) < 4.78 is 25.7. The van der Waals surface area contributed by atoms with Gasteiger partial charge in [-0.1, -0.05) is 30.7 Å². The molecule has 1 heterocycles. The molecule has 0 bridgehead atoms. The zero-order valence-corrected chi connectivity index (χ0v) is 14.4. The molecule has 2 N–H and O–H groups in total. The van der Waals surface area contributed by atoms with Gasteiger partial charge in [0.25, 0.3) is 0 Å². The second kappa shape index (κ2) is 8.12. The van der Waals surface area contributed by atoms with Crippen LogP contribution in [0.1, 0.15) is 18.9 Å². The Morgan fingerprint density at radius 1 is 1.04 bits per heavy atom. The van der Waals surface area contributed by atoms with E-state index < -0.39 is 10.0 Å². The molecule has 0 spiro atoms. The number of nitrogens with one attached hydrogen (secondary N) is 2. The van der Waals surface area contributed by atoms with E-state index in [4.69, 9.17) is 11.6 Å². The van der Waals surface area contributed by atoms with Gasteiger partial charge in [-0.25, -0.2) is 8.42 Å². The fourth-order valence-electron chi connectivity index (χ4n) is 1.95. The maximum Gasteiger partial charge on any atom is 0.233 e. The molecule has 0 aliphatic carbocycles. The molecule has 0 atom stereocenters. The summed E-state index contributed by atoms with van der Waals surface area (Å²) in [5, 5.41) is 11.7. The lowest BCUT2D eigenvalue weighted by molar-refractivity contribution is 0.599. The summed E-state index contributed by atoms with van der Waals surface area (Å²) in [6, 6.07) is 10.9. The van der Waals surface area contributed by atoms with E-state index in [1.54, 1.807) is 19.1 Å². The van der Waals surface area contributed by atoms with Gasteiger partial charge in [0.1, 0.15) is 5.82 Å². The minimum absolute atomic E-state index is 0.0653. The average molecular weight is 355 g/mol. The van der Waals surface area contributed by atoms with Gasteiger partial charge in [-0.05, 0) is 42.7 Å². The van der Waals surface area contributed by atoms with Crippen molar-refractivity contribution in [1.82, 2.24) is 10.2 Å². The summed E-state index contributed by atoms with van der Waals surface area (Å²) in [4.78, 5) is 0. The Kier molecular flexibility index (Phi) is 6.18. The highest BCUT2D eigenvalue weighted by atomic mass is 35.5. The molecule has 1 aromatic heterocycles. The number of rotatable bonds is 8. The fourth-order valence-corrected chi connectivity index (χ4v) is 3.14. The lowest BCUT2D eigenvalue weighted by atomic mass is 10.1. The van der Waals surface area contributed by atoms with E-state index in [-0.39, 0.29) is 11.6 Å². The van der Waals surface area contributed by atoms with E-state index in [1.807, 2.05) is 24.3 Å². The first-order chi connectivity index (χ1) is 11.0. The Morgan fingerprint density at radius 2 is 1.70 bits per heavy atom. The van der Waals surface area contributed by atoms with Crippen molar-refractivity contribution in [2.75, 3.05) is 22.3 Å². The third-order valence-corrected chi connectivity index (χ3v) is 4.75. The van der Waals surface area contributed by atoms with Gasteiger partial charge in [0.05, 0.1) is 5.75 Å². The number of hydrogen-bond acceptors (Lipinski definition) is 5. The van der Waals surface area contributed by atoms with Crippen molar-refractivity contribution in [2.45, 2.75) is 19.8 Å². The molecular formula is C15H19ClN4O2S. The van der Waals surface area contributed by atoms with Gasteiger partial charge in [0.15, 0.2) is 5.82 Å². The molecule has 0 radical (unpaired) electrons. The third-order valence-electron chi connectivity index (χ3n) is 3.03. The number of aromatic nitrogens is 2. The predicted molar refractivity (Wildman–Crippen MR) is 93.4 cm³/mol. The smallest absolute Gasteiger partial charge is 0.233 e. The molecule has 0 amide bonds. The van der Waals surface area contributed by atoms with E-state index in [0.717, 1.165) is 6.42 Å². The van der Waals surface area contributed by atoms with Crippen molar-refractivity contribution < 1.29 is 8.42 Å². The van der Waals surface area contributed by atoms with Crippen LogP contribution in [-0.4, -0.2) is 30.9 Å². The number of halogens is 1. The third kappa shape index (κ3) is 6.03. The molecule has 0 aliphatic rings. The summed E-state index contributed by atoms with van der Waals surface area (Å²) in [6.07, 6.45) is 1.37. The van der Waals surface area contributed by atoms with Gasteiger partial charge in [-0.15, -0.1) is 10.2 Å². The number of anilines is 2. The van der Waals surface area contributed by atoms with E-state index in [1.165, 1.54) is 5.56 Å². The normalized spacial score (nSPS) is 11.2. The first kappa shape index (κ1) is 17.5. The summed E-state index contributed by atoms with van der Waals surface area (Å²) in [5.41, 5.74) is 1.17. The summed E-state index contributed by atoms with van der Waals surface area (Å²) in [7, 11) is -3.34. The van der Waals surface area contributed by atoms with Crippen LogP contribution in [0.15, 0.2) is 36.4 Å². The van der Waals surface area contributed by atoms with Crippen LogP contribution in [0, 0.1) is 0 Å². The lowest BCUT2D eigenvalue weighted by Crippen LogP contribution is -2.17. The van der Waals surface area contributed by atoms with Gasteiger partial charge < -0.3 is 5.32 Å². The van der Waals surface area contributed by atoms with Gasteiger partial charge in [0.2, 0.25) is 10.0 Å². The van der Waals surface area contributed by atoms with E-state index in [0.29, 0.717) is 23.8 Å². The fraction of sp³-hybridized carbons (Fsp3) is 0.333. The molecule has 2 rings (SSSR count). The maximum absolute atomic E-state index is 11.6. The number of sulfonamides is 1. The lowest BCUT2D eigenvalue weighted by Gasteiger charge is -2.07.